The van der Waals surface area contributed by atoms with Crippen LogP contribution in [0.15, 0.2) is 36.9 Å². The van der Waals surface area contributed by atoms with Crippen LogP contribution < -0.4 is 10.1 Å². The number of aromatic nitrogens is 7. The van der Waals surface area contributed by atoms with E-state index in [1.54, 1.807) is 29.7 Å². The highest BCUT2D eigenvalue weighted by Crippen LogP contribution is 2.19. The summed E-state index contributed by atoms with van der Waals surface area (Å²) in [5.41, 5.74) is 0.965. The zero-order valence-electron chi connectivity index (χ0n) is 15.3. The fourth-order valence-corrected chi connectivity index (χ4v) is 2.76. The zero-order chi connectivity index (χ0) is 19.1. The number of carbonyl (C=O) groups excluding carboxylic acids is 1. The fourth-order valence-electron chi connectivity index (χ4n) is 2.76. The molecule has 1 N–H and O–H groups in total. The first-order valence-corrected chi connectivity index (χ1v) is 8.65. The molecular weight excluding hydrogens is 348 g/mol. The highest BCUT2D eigenvalue weighted by molar-refractivity contribution is 5.80. The van der Waals surface area contributed by atoms with E-state index >= 15 is 0 Å². The summed E-state index contributed by atoms with van der Waals surface area (Å²) in [7, 11) is 1.61. The van der Waals surface area contributed by atoms with E-state index in [0.717, 1.165) is 17.7 Å². The van der Waals surface area contributed by atoms with Crippen molar-refractivity contribution in [1.29, 1.82) is 0 Å². The summed E-state index contributed by atoms with van der Waals surface area (Å²) in [6.07, 6.45) is 4.34. The third kappa shape index (κ3) is 4.87. The van der Waals surface area contributed by atoms with Crippen LogP contribution >= 0.6 is 0 Å². The Morgan fingerprint density at radius 3 is 2.96 bits per heavy atom. The summed E-state index contributed by atoms with van der Waals surface area (Å²) < 4.78 is 8.54. The monoisotopic (exact) mass is 370 g/mol. The Balaban J connectivity index is 1.65. The first-order valence-electron chi connectivity index (χ1n) is 8.65. The van der Waals surface area contributed by atoms with Crippen LogP contribution in [0.3, 0.4) is 0 Å². The molecule has 2 heterocycles. The second-order valence-electron chi connectivity index (χ2n) is 6.05. The number of hydrogen-bond acceptors (Lipinski definition) is 7. The summed E-state index contributed by atoms with van der Waals surface area (Å²) in [6.45, 7) is 2.98. The van der Waals surface area contributed by atoms with Crippen molar-refractivity contribution in [3.63, 3.8) is 0 Å². The summed E-state index contributed by atoms with van der Waals surface area (Å²) >= 11 is 0. The van der Waals surface area contributed by atoms with E-state index in [9.17, 15) is 4.79 Å². The first kappa shape index (κ1) is 18.5. The third-order valence-electron chi connectivity index (χ3n) is 4.15. The molecule has 0 spiro atoms. The predicted octanol–water partition coefficient (Wildman–Crippen LogP) is 0.572. The molecule has 27 heavy (non-hydrogen) atoms. The highest BCUT2D eigenvalue weighted by atomic mass is 16.5. The second kappa shape index (κ2) is 8.88. The van der Waals surface area contributed by atoms with E-state index in [1.165, 1.54) is 6.33 Å². The number of ether oxygens (including phenoxy) is 1. The average Bonchev–Trinajstić information content (AvgIpc) is 3.35. The number of nitrogens with zero attached hydrogens (tertiary/aromatic N) is 7. The maximum Gasteiger partial charge on any atom is 0.245 e. The highest BCUT2D eigenvalue weighted by Gasteiger charge is 2.24. The molecule has 0 aliphatic rings. The molecule has 0 unspecified atom stereocenters. The van der Waals surface area contributed by atoms with Gasteiger partial charge in [-0.15, -0.1) is 5.10 Å². The number of benzene rings is 1. The van der Waals surface area contributed by atoms with Crippen molar-refractivity contribution in [3.8, 4) is 5.75 Å². The predicted molar refractivity (Wildman–Crippen MR) is 95.9 cm³/mol. The molecule has 142 valence electrons. The van der Waals surface area contributed by atoms with Crippen molar-refractivity contribution in [2.75, 3.05) is 13.7 Å². The molecule has 2 aromatic heterocycles. The lowest BCUT2D eigenvalue weighted by molar-refractivity contribution is -0.124. The molecule has 1 atom stereocenters. The van der Waals surface area contributed by atoms with Crippen LogP contribution in [0.5, 0.6) is 5.75 Å². The van der Waals surface area contributed by atoms with Crippen molar-refractivity contribution in [2.45, 2.75) is 32.4 Å². The van der Waals surface area contributed by atoms with Gasteiger partial charge >= 0.3 is 0 Å². The molecule has 0 bridgehead atoms. The maximum absolute atomic E-state index is 12.8. The van der Waals surface area contributed by atoms with Gasteiger partial charge in [0.2, 0.25) is 5.91 Å². The van der Waals surface area contributed by atoms with Crippen LogP contribution in [-0.2, 0) is 17.8 Å². The lowest BCUT2D eigenvalue weighted by atomic mass is 10.0. The lowest BCUT2D eigenvalue weighted by Crippen LogP contribution is -2.35. The van der Waals surface area contributed by atoms with Gasteiger partial charge in [0.25, 0.3) is 0 Å². The van der Waals surface area contributed by atoms with Crippen molar-refractivity contribution < 1.29 is 9.53 Å². The molecule has 0 saturated carbocycles. The maximum atomic E-state index is 12.8. The largest absolute Gasteiger partial charge is 0.497 e. The number of rotatable bonds is 9. The minimum atomic E-state index is -0.543. The van der Waals surface area contributed by atoms with Gasteiger partial charge in [0.05, 0.1) is 7.11 Å². The van der Waals surface area contributed by atoms with Crippen molar-refractivity contribution in [2.24, 2.45) is 0 Å². The number of nitrogens with one attached hydrogen (secondary N) is 1. The van der Waals surface area contributed by atoms with Gasteiger partial charge in [0.1, 0.15) is 30.3 Å². The van der Waals surface area contributed by atoms with Crippen LogP contribution in [-0.4, -0.2) is 54.5 Å². The number of aryl methyl sites for hydroxylation is 2. The summed E-state index contributed by atoms with van der Waals surface area (Å²) in [5, 5.41) is 18.6. The van der Waals surface area contributed by atoms with Gasteiger partial charge in [-0.25, -0.2) is 9.67 Å². The van der Waals surface area contributed by atoms with Gasteiger partial charge in [0, 0.05) is 19.5 Å². The Kier molecular flexibility index (Phi) is 6.08. The topological polar surface area (TPSA) is 113 Å². The van der Waals surface area contributed by atoms with Crippen LogP contribution in [0, 0.1) is 6.92 Å². The van der Waals surface area contributed by atoms with E-state index in [2.05, 4.69) is 30.9 Å². The molecule has 3 rings (SSSR count). The van der Waals surface area contributed by atoms with Gasteiger partial charge in [-0.05, 0) is 41.5 Å². The van der Waals surface area contributed by atoms with E-state index in [1.807, 2.05) is 24.3 Å². The molecule has 3 aromatic rings. The molecule has 1 amide bonds. The molecule has 10 heteroatoms. The SMILES string of the molecule is COc1cccc(C[C@@H](C(=O)NCCCn2cncn2)n2nnnc2C)c1. The smallest absolute Gasteiger partial charge is 0.245 e. The van der Waals surface area contributed by atoms with Crippen LogP contribution in [0.25, 0.3) is 0 Å². The third-order valence-corrected chi connectivity index (χ3v) is 4.15. The molecular formula is C17H22N8O2. The minimum Gasteiger partial charge on any atom is -0.497 e. The first-order chi connectivity index (χ1) is 13.2. The molecule has 0 aliphatic carbocycles. The Morgan fingerprint density at radius 2 is 2.26 bits per heavy atom. The summed E-state index contributed by atoms with van der Waals surface area (Å²) in [5.74, 6) is 1.19. The number of tetrazole rings is 1. The Morgan fingerprint density at radius 1 is 1.37 bits per heavy atom. The van der Waals surface area contributed by atoms with E-state index in [4.69, 9.17) is 4.74 Å². The second-order valence-corrected chi connectivity index (χ2v) is 6.05. The van der Waals surface area contributed by atoms with Crippen molar-refractivity contribution in [3.05, 3.63) is 48.3 Å². The number of carbonyl (C=O) groups is 1. The Labute approximate surface area is 156 Å². The zero-order valence-corrected chi connectivity index (χ0v) is 15.3. The molecule has 0 radical (unpaired) electrons. The fraction of sp³-hybridized carbons (Fsp3) is 0.412. The number of methoxy groups -OCH3 is 1. The lowest BCUT2D eigenvalue weighted by Gasteiger charge is -2.18. The Bertz CT molecular complexity index is 861. The van der Waals surface area contributed by atoms with Gasteiger partial charge in [-0.2, -0.15) is 5.10 Å². The van der Waals surface area contributed by atoms with Crippen LogP contribution in [0.1, 0.15) is 23.9 Å². The van der Waals surface area contributed by atoms with Crippen molar-refractivity contribution >= 4 is 5.91 Å². The minimum absolute atomic E-state index is 0.133. The number of hydrogen-bond donors (Lipinski definition) is 1. The van der Waals surface area contributed by atoms with E-state index < -0.39 is 6.04 Å². The number of amides is 1. The standard InChI is InChI=1S/C17H22N8O2/c1-13-21-22-23-25(13)16(10-14-5-3-6-15(9-14)27-2)17(26)19-7-4-8-24-12-18-11-20-24/h3,5-6,9,11-12,16H,4,7-8,10H2,1-2H3,(H,19,26)/t16-/m0/s1. The van der Waals surface area contributed by atoms with Gasteiger partial charge in [-0.1, -0.05) is 12.1 Å². The Hall–Kier alpha value is -3.30. The van der Waals surface area contributed by atoms with Gasteiger partial charge in [-0.3, -0.25) is 9.48 Å². The van der Waals surface area contributed by atoms with Gasteiger partial charge < -0.3 is 10.1 Å². The molecule has 0 fully saturated rings. The summed E-state index contributed by atoms with van der Waals surface area (Å²) in [6, 6.07) is 7.08. The quantitative estimate of drug-likeness (QED) is 0.548. The van der Waals surface area contributed by atoms with E-state index in [0.29, 0.717) is 25.3 Å². The molecule has 0 aliphatic heterocycles. The normalized spacial score (nSPS) is 11.9. The molecule has 10 nitrogen and oxygen atoms in total. The van der Waals surface area contributed by atoms with Crippen molar-refractivity contribution in [1.82, 2.24) is 40.3 Å². The summed E-state index contributed by atoms with van der Waals surface area (Å²) in [4.78, 5) is 16.7. The van der Waals surface area contributed by atoms with Gasteiger partial charge in [0.15, 0.2) is 0 Å². The molecule has 1 aromatic carbocycles. The molecule has 0 saturated heterocycles. The van der Waals surface area contributed by atoms with Crippen LogP contribution in [0.2, 0.25) is 0 Å². The van der Waals surface area contributed by atoms with E-state index in [-0.39, 0.29) is 5.91 Å². The average molecular weight is 370 g/mol. The van der Waals surface area contributed by atoms with Crippen LogP contribution in [0.4, 0.5) is 0 Å².